The fourth-order valence-electron chi connectivity index (χ4n) is 1.33. The van der Waals surface area contributed by atoms with E-state index in [1.807, 2.05) is 0 Å². The molecule has 0 fully saturated rings. The van der Waals surface area contributed by atoms with Gasteiger partial charge >= 0.3 is 5.97 Å². The predicted octanol–water partition coefficient (Wildman–Crippen LogP) is 0.881. The Morgan fingerprint density at radius 2 is 2.20 bits per heavy atom. The third-order valence-corrected chi connectivity index (χ3v) is 2.09. The highest BCUT2D eigenvalue weighted by Gasteiger charge is 2.07. The summed E-state index contributed by atoms with van der Waals surface area (Å²) in [6.45, 7) is 0. The lowest BCUT2D eigenvalue weighted by Crippen LogP contribution is -2.05. The number of benzene rings is 1. The molecule has 0 amide bonds. The highest BCUT2D eigenvalue weighted by molar-refractivity contribution is 5.94. The first-order valence-corrected chi connectivity index (χ1v) is 4.37. The summed E-state index contributed by atoms with van der Waals surface area (Å²) in [5.41, 5.74) is 1.17. The zero-order chi connectivity index (χ0) is 10.8. The van der Waals surface area contributed by atoms with Gasteiger partial charge in [-0.3, -0.25) is 0 Å². The van der Waals surface area contributed by atoms with Gasteiger partial charge in [0.05, 0.1) is 24.4 Å². The van der Waals surface area contributed by atoms with Crippen molar-refractivity contribution >= 4 is 16.9 Å². The van der Waals surface area contributed by atoms with E-state index in [1.165, 1.54) is 19.1 Å². The second kappa shape index (κ2) is 3.61. The molecule has 2 aromatic rings. The van der Waals surface area contributed by atoms with E-state index in [4.69, 9.17) is 4.84 Å². The predicted molar refractivity (Wildman–Crippen MR) is 53.6 cm³/mol. The minimum Gasteiger partial charge on any atom is -0.465 e. The number of carbonyl (C=O) groups excluding carboxylic acids is 1. The molecule has 1 heterocycles. The van der Waals surface area contributed by atoms with Crippen LogP contribution in [0.2, 0.25) is 0 Å². The molecule has 15 heavy (non-hydrogen) atoms. The van der Waals surface area contributed by atoms with Crippen LogP contribution in [0.25, 0.3) is 10.9 Å². The summed E-state index contributed by atoms with van der Waals surface area (Å²) in [5.74, 6) is -0.371. The molecule has 2 rings (SSSR count). The maximum atomic E-state index is 11.2. The van der Waals surface area contributed by atoms with Crippen LogP contribution in [-0.2, 0) is 4.74 Å². The Bertz CT molecular complexity index is 504. The number of carbonyl (C=O) groups is 1. The van der Waals surface area contributed by atoms with Gasteiger partial charge in [0.1, 0.15) is 7.11 Å². The second-order valence-corrected chi connectivity index (χ2v) is 2.98. The quantitative estimate of drug-likeness (QED) is 0.684. The minimum absolute atomic E-state index is 0.371. The van der Waals surface area contributed by atoms with Gasteiger partial charge in [0.2, 0.25) is 0 Å². The van der Waals surface area contributed by atoms with E-state index in [-0.39, 0.29) is 5.97 Å². The number of rotatable bonds is 2. The molecule has 0 N–H and O–H groups in total. The molecular weight excluding hydrogens is 196 g/mol. The van der Waals surface area contributed by atoms with Crippen LogP contribution in [0, 0.1) is 0 Å². The monoisotopic (exact) mass is 206 g/mol. The van der Waals surface area contributed by atoms with Gasteiger partial charge in [-0.05, 0) is 12.1 Å². The fourth-order valence-corrected chi connectivity index (χ4v) is 1.33. The molecule has 0 unspecified atom stereocenters. The van der Waals surface area contributed by atoms with Crippen molar-refractivity contribution < 1.29 is 14.4 Å². The van der Waals surface area contributed by atoms with E-state index in [9.17, 15) is 4.79 Å². The van der Waals surface area contributed by atoms with Crippen LogP contribution in [0.1, 0.15) is 10.4 Å². The van der Waals surface area contributed by atoms with Gasteiger partial charge in [0.25, 0.3) is 0 Å². The molecule has 0 aliphatic carbocycles. The summed E-state index contributed by atoms with van der Waals surface area (Å²) in [5, 5.41) is 5.00. The van der Waals surface area contributed by atoms with Gasteiger partial charge in [0.15, 0.2) is 0 Å². The van der Waals surface area contributed by atoms with Gasteiger partial charge in [-0.1, -0.05) is 6.07 Å². The molecule has 5 heteroatoms. The summed E-state index contributed by atoms with van der Waals surface area (Å²) < 4.78 is 4.61. The van der Waals surface area contributed by atoms with E-state index in [1.54, 1.807) is 24.4 Å². The van der Waals surface area contributed by atoms with Crippen molar-refractivity contribution in [3.63, 3.8) is 0 Å². The number of fused-ring (bicyclic) bond motifs is 1. The number of hydrogen-bond acceptors (Lipinski definition) is 4. The summed E-state index contributed by atoms with van der Waals surface area (Å²) in [6.07, 6.45) is 1.73. The van der Waals surface area contributed by atoms with Crippen molar-refractivity contribution in [1.29, 1.82) is 0 Å². The van der Waals surface area contributed by atoms with Crippen LogP contribution in [0.4, 0.5) is 0 Å². The molecule has 0 radical (unpaired) electrons. The van der Waals surface area contributed by atoms with Crippen LogP contribution in [0.5, 0.6) is 0 Å². The molecule has 0 saturated heterocycles. The lowest BCUT2D eigenvalue weighted by molar-refractivity contribution is 0.0601. The molecule has 0 bridgehead atoms. The Kier molecular flexibility index (Phi) is 2.29. The van der Waals surface area contributed by atoms with Gasteiger partial charge in [-0.15, -0.1) is 9.94 Å². The van der Waals surface area contributed by atoms with Crippen molar-refractivity contribution in [3.05, 3.63) is 30.0 Å². The third kappa shape index (κ3) is 1.63. The van der Waals surface area contributed by atoms with E-state index < -0.39 is 0 Å². The number of esters is 1. The standard InChI is InChI=1S/C10H10N2O3/c1-14-10(13)7-3-4-8-6-12(15-2)11-9(8)5-7/h3-6H,1-2H3. The SMILES string of the molecule is COC(=O)c1ccc2cn(OC)nc2c1. The van der Waals surface area contributed by atoms with Crippen molar-refractivity contribution in [2.24, 2.45) is 0 Å². The molecular formula is C10H10N2O3. The minimum atomic E-state index is -0.371. The Balaban J connectivity index is 2.50. The lowest BCUT2D eigenvalue weighted by Gasteiger charge is -1.97. The Morgan fingerprint density at radius 3 is 2.87 bits per heavy atom. The van der Waals surface area contributed by atoms with Crippen LogP contribution in [-0.4, -0.2) is 30.1 Å². The normalized spacial score (nSPS) is 10.3. The number of hydrogen-bond donors (Lipinski definition) is 0. The van der Waals surface area contributed by atoms with Crippen molar-refractivity contribution in [2.45, 2.75) is 0 Å². The van der Waals surface area contributed by atoms with Crippen LogP contribution in [0.3, 0.4) is 0 Å². The van der Waals surface area contributed by atoms with Crippen molar-refractivity contribution in [1.82, 2.24) is 9.94 Å². The van der Waals surface area contributed by atoms with E-state index in [0.29, 0.717) is 11.1 Å². The number of methoxy groups -OCH3 is 1. The largest absolute Gasteiger partial charge is 0.465 e. The summed E-state index contributed by atoms with van der Waals surface area (Å²) in [4.78, 5) is 17.5. The first-order chi connectivity index (χ1) is 7.24. The highest BCUT2D eigenvalue weighted by Crippen LogP contribution is 2.14. The molecule has 78 valence electrons. The maximum Gasteiger partial charge on any atom is 0.337 e. The molecule has 0 spiro atoms. The number of aromatic nitrogens is 2. The van der Waals surface area contributed by atoms with Crippen molar-refractivity contribution in [2.75, 3.05) is 14.2 Å². The fraction of sp³-hybridized carbons (Fsp3) is 0.200. The third-order valence-electron chi connectivity index (χ3n) is 2.09. The average Bonchev–Trinajstić information content (AvgIpc) is 2.69. The average molecular weight is 206 g/mol. The van der Waals surface area contributed by atoms with Gasteiger partial charge in [-0.25, -0.2) is 4.79 Å². The molecule has 0 aliphatic rings. The second-order valence-electron chi connectivity index (χ2n) is 2.98. The molecule has 1 aromatic heterocycles. The van der Waals surface area contributed by atoms with Gasteiger partial charge in [0, 0.05) is 5.39 Å². The zero-order valence-corrected chi connectivity index (χ0v) is 8.43. The molecule has 0 saturated carbocycles. The Hall–Kier alpha value is -2.04. The molecule has 5 nitrogen and oxygen atoms in total. The first-order valence-electron chi connectivity index (χ1n) is 4.37. The molecule has 0 atom stereocenters. The van der Waals surface area contributed by atoms with Crippen LogP contribution < -0.4 is 4.84 Å². The van der Waals surface area contributed by atoms with E-state index >= 15 is 0 Å². The van der Waals surface area contributed by atoms with E-state index in [0.717, 1.165) is 5.39 Å². The first kappa shape index (κ1) is 9.51. The summed E-state index contributed by atoms with van der Waals surface area (Å²) >= 11 is 0. The Morgan fingerprint density at radius 1 is 1.40 bits per heavy atom. The topological polar surface area (TPSA) is 53.4 Å². The Labute approximate surface area is 86.2 Å². The number of nitrogens with zero attached hydrogens (tertiary/aromatic N) is 2. The van der Waals surface area contributed by atoms with Crippen molar-refractivity contribution in [3.8, 4) is 0 Å². The molecule has 1 aromatic carbocycles. The van der Waals surface area contributed by atoms with E-state index in [2.05, 4.69) is 9.84 Å². The summed E-state index contributed by atoms with van der Waals surface area (Å²) in [6, 6.07) is 5.15. The van der Waals surface area contributed by atoms with Gasteiger partial charge in [-0.2, -0.15) is 0 Å². The summed E-state index contributed by atoms with van der Waals surface area (Å²) in [7, 11) is 2.87. The van der Waals surface area contributed by atoms with Crippen LogP contribution >= 0.6 is 0 Å². The lowest BCUT2D eigenvalue weighted by atomic mass is 10.2. The highest BCUT2D eigenvalue weighted by atomic mass is 16.7. The number of ether oxygens (including phenoxy) is 1. The van der Waals surface area contributed by atoms with Crippen LogP contribution in [0.15, 0.2) is 24.4 Å². The molecule has 0 aliphatic heterocycles. The van der Waals surface area contributed by atoms with Gasteiger partial charge < -0.3 is 9.57 Å². The zero-order valence-electron chi connectivity index (χ0n) is 8.43. The smallest absolute Gasteiger partial charge is 0.337 e. The maximum absolute atomic E-state index is 11.2.